The quantitative estimate of drug-likeness (QED) is 0.578. The highest BCUT2D eigenvalue weighted by atomic mass is 16.5. The van der Waals surface area contributed by atoms with E-state index >= 15 is 0 Å². The van der Waals surface area contributed by atoms with Crippen LogP contribution in [0.3, 0.4) is 0 Å². The van der Waals surface area contributed by atoms with E-state index in [0.29, 0.717) is 19.1 Å². The predicted octanol–water partition coefficient (Wildman–Crippen LogP) is 2.94. The first-order valence-electron chi connectivity index (χ1n) is 8.99. The molecule has 0 radical (unpaired) electrons. The lowest BCUT2D eigenvalue weighted by Crippen LogP contribution is -2.58. The highest BCUT2D eigenvalue weighted by molar-refractivity contribution is 5.79. The molecule has 2 saturated heterocycles. The summed E-state index contributed by atoms with van der Waals surface area (Å²) in [6.07, 6.45) is 12.4. The van der Waals surface area contributed by atoms with Gasteiger partial charge in [-0.15, -0.1) is 6.58 Å². The molecule has 128 valence electrons. The number of carbonyl (C=O) groups excluding carboxylic acids is 1. The number of carbonyl (C=O) groups is 1. The van der Waals surface area contributed by atoms with Gasteiger partial charge >= 0.3 is 0 Å². The molecule has 1 aliphatic carbocycles. The maximum absolute atomic E-state index is 12.9. The van der Waals surface area contributed by atoms with Crippen molar-refractivity contribution in [3.05, 3.63) is 24.8 Å². The van der Waals surface area contributed by atoms with Gasteiger partial charge in [0, 0.05) is 31.0 Å². The second-order valence-corrected chi connectivity index (χ2v) is 7.16. The van der Waals surface area contributed by atoms with Gasteiger partial charge in [-0.05, 0) is 38.5 Å². The summed E-state index contributed by atoms with van der Waals surface area (Å²) in [5, 5.41) is 0. The number of piperidine rings is 1. The molecule has 2 aliphatic heterocycles. The number of amides is 1. The van der Waals surface area contributed by atoms with Crippen LogP contribution in [0.15, 0.2) is 24.8 Å². The highest BCUT2D eigenvalue weighted by Gasteiger charge is 2.47. The molecule has 2 heterocycles. The molecule has 3 aliphatic rings. The molecule has 0 saturated carbocycles. The summed E-state index contributed by atoms with van der Waals surface area (Å²) in [5.74, 6) is 0.508. The summed E-state index contributed by atoms with van der Waals surface area (Å²) >= 11 is 0. The number of hydrogen-bond acceptors (Lipinski definition) is 3. The van der Waals surface area contributed by atoms with E-state index in [2.05, 4.69) is 23.6 Å². The largest absolute Gasteiger partial charge is 0.377 e. The van der Waals surface area contributed by atoms with Crippen molar-refractivity contribution < 1.29 is 14.3 Å². The minimum Gasteiger partial charge on any atom is -0.377 e. The number of likely N-dealkylation sites (tertiary alicyclic amines) is 1. The van der Waals surface area contributed by atoms with Crippen LogP contribution in [-0.4, -0.2) is 49.8 Å². The zero-order valence-electron chi connectivity index (χ0n) is 14.0. The smallest absolute Gasteiger partial charge is 0.226 e. The van der Waals surface area contributed by atoms with Crippen LogP contribution in [0.4, 0.5) is 0 Å². The maximum Gasteiger partial charge on any atom is 0.226 e. The van der Waals surface area contributed by atoms with Crippen LogP contribution in [0.1, 0.15) is 38.5 Å². The van der Waals surface area contributed by atoms with Gasteiger partial charge in [-0.25, -0.2) is 0 Å². The third-order valence-corrected chi connectivity index (χ3v) is 5.54. The zero-order valence-corrected chi connectivity index (χ0v) is 14.0. The van der Waals surface area contributed by atoms with Gasteiger partial charge in [0.2, 0.25) is 5.91 Å². The Morgan fingerprint density at radius 3 is 3.13 bits per heavy atom. The molecule has 23 heavy (non-hydrogen) atoms. The Bertz CT molecular complexity index is 462. The lowest BCUT2D eigenvalue weighted by Gasteiger charge is -2.50. The minimum absolute atomic E-state index is 0.0281. The first-order chi connectivity index (χ1) is 11.2. The molecule has 3 rings (SSSR count). The van der Waals surface area contributed by atoms with Crippen LogP contribution in [0.2, 0.25) is 0 Å². The summed E-state index contributed by atoms with van der Waals surface area (Å²) in [4.78, 5) is 15.0. The summed E-state index contributed by atoms with van der Waals surface area (Å²) < 4.78 is 11.8. The predicted molar refractivity (Wildman–Crippen MR) is 90.1 cm³/mol. The lowest BCUT2D eigenvalue weighted by atomic mass is 9.72. The van der Waals surface area contributed by atoms with Crippen molar-refractivity contribution in [2.24, 2.45) is 11.3 Å². The van der Waals surface area contributed by atoms with Gasteiger partial charge < -0.3 is 14.4 Å². The second kappa shape index (κ2) is 7.63. The van der Waals surface area contributed by atoms with Gasteiger partial charge in [0.1, 0.15) is 0 Å². The van der Waals surface area contributed by atoms with Crippen LogP contribution < -0.4 is 0 Å². The molecule has 3 atom stereocenters. The molecule has 4 nitrogen and oxygen atoms in total. The SMILES string of the molecule is C=CCOC[C@]12CCCO[C@@H]1CCN(C(=O)[C@H]1CC=CCC1)C2. The fraction of sp³-hybridized carbons (Fsp3) is 0.737. The van der Waals surface area contributed by atoms with E-state index in [-0.39, 0.29) is 17.4 Å². The minimum atomic E-state index is -0.0281. The molecule has 1 amide bonds. The van der Waals surface area contributed by atoms with Crippen LogP contribution in [0, 0.1) is 11.3 Å². The monoisotopic (exact) mass is 319 g/mol. The Morgan fingerprint density at radius 2 is 2.35 bits per heavy atom. The number of fused-ring (bicyclic) bond motifs is 1. The summed E-state index contributed by atoms with van der Waals surface area (Å²) in [5.41, 5.74) is -0.0281. The summed E-state index contributed by atoms with van der Waals surface area (Å²) in [6.45, 7) is 7.41. The molecular weight excluding hydrogens is 290 g/mol. The lowest BCUT2D eigenvalue weighted by molar-refractivity contribution is -0.166. The average Bonchev–Trinajstić information content (AvgIpc) is 2.61. The van der Waals surface area contributed by atoms with Gasteiger partial charge in [-0.1, -0.05) is 18.2 Å². The second-order valence-electron chi connectivity index (χ2n) is 7.16. The molecule has 4 heteroatoms. The van der Waals surface area contributed by atoms with Crippen molar-refractivity contribution in [2.75, 3.05) is 32.9 Å². The van der Waals surface area contributed by atoms with Crippen LogP contribution in [-0.2, 0) is 14.3 Å². The van der Waals surface area contributed by atoms with Crippen molar-refractivity contribution in [3.63, 3.8) is 0 Å². The third-order valence-electron chi connectivity index (χ3n) is 5.54. The Kier molecular flexibility index (Phi) is 5.54. The molecular formula is C19H29NO3. The third kappa shape index (κ3) is 3.69. The van der Waals surface area contributed by atoms with Crippen LogP contribution in [0.5, 0.6) is 0 Å². The maximum atomic E-state index is 12.9. The van der Waals surface area contributed by atoms with E-state index in [1.165, 1.54) is 0 Å². The molecule has 0 aromatic rings. The summed E-state index contributed by atoms with van der Waals surface area (Å²) in [7, 11) is 0. The summed E-state index contributed by atoms with van der Waals surface area (Å²) in [6, 6.07) is 0. The van der Waals surface area contributed by atoms with Gasteiger partial charge in [0.05, 0.1) is 19.3 Å². The van der Waals surface area contributed by atoms with E-state index in [1.807, 2.05) is 0 Å². The van der Waals surface area contributed by atoms with Crippen molar-refractivity contribution in [1.82, 2.24) is 4.90 Å². The molecule has 0 aromatic carbocycles. The molecule has 0 spiro atoms. The van der Waals surface area contributed by atoms with Crippen molar-refractivity contribution in [2.45, 2.75) is 44.6 Å². The van der Waals surface area contributed by atoms with E-state index in [9.17, 15) is 4.79 Å². The Morgan fingerprint density at radius 1 is 1.43 bits per heavy atom. The Labute approximate surface area is 139 Å². The standard InChI is InChI=1S/C19H29NO3/c1-2-12-22-15-19-10-6-13-23-17(19)9-11-20(14-19)18(21)16-7-4-3-5-8-16/h2-4,16-17H,1,5-15H2/t16-,17+,19+/m0/s1. The van der Waals surface area contributed by atoms with Crippen LogP contribution >= 0.6 is 0 Å². The zero-order chi connectivity index (χ0) is 16.1. The van der Waals surface area contributed by atoms with E-state index in [1.54, 1.807) is 6.08 Å². The molecule has 0 bridgehead atoms. The number of hydrogen-bond donors (Lipinski definition) is 0. The fourth-order valence-corrected chi connectivity index (χ4v) is 4.31. The highest BCUT2D eigenvalue weighted by Crippen LogP contribution is 2.41. The number of ether oxygens (including phenoxy) is 2. The van der Waals surface area contributed by atoms with Crippen molar-refractivity contribution in [1.29, 1.82) is 0 Å². The Balaban J connectivity index is 1.68. The van der Waals surface area contributed by atoms with Crippen molar-refractivity contribution in [3.8, 4) is 0 Å². The normalized spacial score (nSPS) is 34.0. The first-order valence-corrected chi connectivity index (χ1v) is 8.99. The van der Waals surface area contributed by atoms with Gasteiger partial charge in [0.25, 0.3) is 0 Å². The number of rotatable bonds is 5. The van der Waals surface area contributed by atoms with Crippen molar-refractivity contribution >= 4 is 5.91 Å². The van der Waals surface area contributed by atoms with E-state index in [0.717, 1.165) is 58.2 Å². The number of allylic oxidation sites excluding steroid dienone is 2. The average molecular weight is 319 g/mol. The molecule has 0 unspecified atom stereocenters. The number of nitrogens with zero attached hydrogens (tertiary/aromatic N) is 1. The van der Waals surface area contributed by atoms with Gasteiger partial charge in [0.15, 0.2) is 0 Å². The Hall–Kier alpha value is -1.13. The molecule has 0 aromatic heterocycles. The van der Waals surface area contributed by atoms with Gasteiger partial charge in [-0.3, -0.25) is 4.79 Å². The van der Waals surface area contributed by atoms with Crippen LogP contribution in [0.25, 0.3) is 0 Å². The van der Waals surface area contributed by atoms with E-state index in [4.69, 9.17) is 9.47 Å². The molecule has 0 N–H and O–H groups in total. The fourth-order valence-electron chi connectivity index (χ4n) is 4.31. The first kappa shape index (κ1) is 16.7. The molecule has 2 fully saturated rings. The van der Waals surface area contributed by atoms with E-state index < -0.39 is 0 Å². The van der Waals surface area contributed by atoms with Gasteiger partial charge in [-0.2, -0.15) is 0 Å². The topological polar surface area (TPSA) is 38.8 Å².